The first-order chi connectivity index (χ1) is 8.22. The second-order valence-electron chi connectivity index (χ2n) is 3.58. The van der Waals surface area contributed by atoms with Crippen molar-refractivity contribution in [3.63, 3.8) is 0 Å². The summed E-state index contributed by atoms with van der Waals surface area (Å²) in [5.74, 6) is 0. The van der Waals surface area contributed by atoms with Crippen LogP contribution in [0.15, 0.2) is 29.1 Å². The van der Waals surface area contributed by atoms with E-state index in [1.54, 1.807) is 22.9 Å². The number of hydrogen-bond acceptors (Lipinski definition) is 4. The Labute approximate surface area is 109 Å². The summed E-state index contributed by atoms with van der Waals surface area (Å²) in [4.78, 5) is 6.19. The lowest BCUT2D eigenvalue weighted by atomic mass is 10.1. The summed E-state index contributed by atoms with van der Waals surface area (Å²) in [6.45, 7) is 0.665. The number of halogens is 1. The SMILES string of the molecule is CN(Cc1cscn1)c1cccc(Cl)c1C#N. The normalized spacial score (nSPS) is 9.94. The van der Waals surface area contributed by atoms with Crippen LogP contribution in [0.1, 0.15) is 11.3 Å². The summed E-state index contributed by atoms with van der Waals surface area (Å²) in [5.41, 5.74) is 4.12. The van der Waals surface area contributed by atoms with Crippen molar-refractivity contribution < 1.29 is 0 Å². The van der Waals surface area contributed by atoms with Crippen LogP contribution in [0.2, 0.25) is 5.02 Å². The zero-order valence-electron chi connectivity index (χ0n) is 9.22. The van der Waals surface area contributed by atoms with E-state index < -0.39 is 0 Å². The second-order valence-corrected chi connectivity index (χ2v) is 4.71. The molecule has 0 fully saturated rings. The molecule has 0 bridgehead atoms. The monoisotopic (exact) mass is 263 g/mol. The molecular weight excluding hydrogens is 254 g/mol. The maximum Gasteiger partial charge on any atom is 0.103 e. The number of rotatable bonds is 3. The molecule has 0 spiro atoms. The van der Waals surface area contributed by atoms with Crippen LogP contribution in [-0.2, 0) is 6.54 Å². The lowest BCUT2D eigenvalue weighted by Gasteiger charge is -2.19. The summed E-state index contributed by atoms with van der Waals surface area (Å²) in [5, 5.41) is 11.6. The smallest absolute Gasteiger partial charge is 0.103 e. The van der Waals surface area contributed by atoms with Gasteiger partial charge in [0.25, 0.3) is 0 Å². The molecule has 0 aliphatic rings. The summed E-state index contributed by atoms with van der Waals surface area (Å²) in [6.07, 6.45) is 0. The molecule has 1 aromatic carbocycles. The van der Waals surface area contributed by atoms with Crippen LogP contribution < -0.4 is 4.90 Å². The molecule has 2 rings (SSSR count). The number of nitrogens with zero attached hydrogens (tertiary/aromatic N) is 3. The third-order valence-corrected chi connectivity index (χ3v) is 3.35. The van der Waals surface area contributed by atoms with Crippen LogP contribution in [0.4, 0.5) is 5.69 Å². The minimum absolute atomic E-state index is 0.482. The van der Waals surface area contributed by atoms with Crippen molar-refractivity contribution >= 4 is 28.6 Å². The number of aromatic nitrogens is 1. The van der Waals surface area contributed by atoms with Gasteiger partial charge < -0.3 is 4.90 Å². The first-order valence-electron chi connectivity index (χ1n) is 4.99. The maximum absolute atomic E-state index is 9.10. The third-order valence-electron chi connectivity index (χ3n) is 2.40. The predicted molar refractivity (Wildman–Crippen MR) is 70.4 cm³/mol. The van der Waals surface area contributed by atoms with E-state index >= 15 is 0 Å². The van der Waals surface area contributed by atoms with Gasteiger partial charge in [0.1, 0.15) is 6.07 Å². The summed E-state index contributed by atoms with van der Waals surface area (Å²) >= 11 is 7.55. The molecule has 0 atom stereocenters. The molecule has 1 heterocycles. The summed E-state index contributed by atoms with van der Waals surface area (Å²) in [6, 6.07) is 7.58. The van der Waals surface area contributed by atoms with Crippen LogP contribution in [0.3, 0.4) is 0 Å². The zero-order valence-corrected chi connectivity index (χ0v) is 10.8. The van der Waals surface area contributed by atoms with E-state index in [2.05, 4.69) is 11.1 Å². The number of nitriles is 1. The highest BCUT2D eigenvalue weighted by Gasteiger charge is 2.11. The number of anilines is 1. The Hall–Kier alpha value is -1.57. The average Bonchev–Trinajstić information content (AvgIpc) is 2.81. The van der Waals surface area contributed by atoms with Crippen molar-refractivity contribution in [3.05, 3.63) is 45.4 Å². The quantitative estimate of drug-likeness (QED) is 0.853. The molecular formula is C12H10ClN3S. The van der Waals surface area contributed by atoms with Gasteiger partial charge in [0.15, 0.2) is 0 Å². The van der Waals surface area contributed by atoms with E-state index in [1.807, 2.05) is 29.5 Å². The Morgan fingerprint density at radius 2 is 2.35 bits per heavy atom. The third kappa shape index (κ3) is 2.57. The minimum Gasteiger partial charge on any atom is -0.368 e. The molecule has 86 valence electrons. The topological polar surface area (TPSA) is 39.9 Å². The largest absolute Gasteiger partial charge is 0.368 e. The molecule has 0 radical (unpaired) electrons. The molecule has 0 amide bonds. The lowest BCUT2D eigenvalue weighted by Crippen LogP contribution is -2.17. The van der Waals surface area contributed by atoms with E-state index in [4.69, 9.17) is 16.9 Å². The van der Waals surface area contributed by atoms with Crippen LogP contribution >= 0.6 is 22.9 Å². The fourth-order valence-electron chi connectivity index (χ4n) is 1.59. The Balaban J connectivity index is 2.28. The molecule has 1 aromatic heterocycles. The van der Waals surface area contributed by atoms with Crippen molar-refractivity contribution in [2.45, 2.75) is 6.54 Å². The van der Waals surface area contributed by atoms with Crippen LogP contribution in [0.25, 0.3) is 0 Å². The van der Waals surface area contributed by atoms with Gasteiger partial charge in [0, 0.05) is 12.4 Å². The van der Waals surface area contributed by atoms with Gasteiger partial charge in [0.2, 0.25) is 0 Å². The van der Waals surface area contributed by atoms with E-state index in [1.165, 1.54) is 0 Å². The van der Waals surface area contributed by atoms with Gasteiger partial charge in [-0.1, -0.05) is 17.7 Å². The van der Waals surface area contributed by atoms with E-state index in [9.17, 15) is 0 Å². The van der Waals surface area contributed by atoms with Crippen molar-refractivity contribution in [1.82, 2.24) is 4.98 Å². The first kappa shape index (κ1) is 11.9. The number of benzene rings is 1. The van der Waals surface area contributed by atoms with Gasteiger partial charge in [-0.25, -0.2) is 4.98 Å². The molecule has 0 saturated heterocycles. The summed E-state index contributed by atoms with van der Waals surface area (Å²) in [7, 11) is 1.92. The standard InChI is InChI=1S/C12H10ClN3S/c1-16(6-9-7-17-8-15-9)12-4-2-3-11(13)10(12)5-14/h2-4,7-8H,6H2,1H3. The fourth-order valence-corrected chi connectivity index (χ4v) is 2.35. The second kappa shape index (κ2) is 5.17. The van der Waals surface area contributed by atoms with Gasteiger partial charge in [0.05, 0.1) is 34.0 Å². The van der Waals surface area contributed by atoms with Gasteiger partial charge in [-0.3, -0.25) is 0 Å². The van der Waals surface area contributed by atoms with Gasteiger partial charge >= 0.3 is 0 Å². The maximum atomic E-state index is 9.10. The molecule has 0 saturated carbocycles. The molecule has 0 aliphatic carbocycles. The van der Waals surface area contributed by atoms with Crippen LogP contribution in [-0.4, -0.2) is 12.0 Å². The van der Waals surface area contributed by atoms with Crippen molar-refractivity contribution in [3.8, 4) is 6.07 Å². The van der Waals surface area contributed by atoms with Gasteiger partial charge in [-0.2, -0.15) is 5.26 Å². The lowest BCUT2D eigenvalue weighted by molar-refractivity contribution is 0.893. The molecule has 0 N–H and O–H groups in total. The van der Waals surface area contributed by atoms with Crippen LogP contribution in [0.5, 0.6) is 0 Å². The molecule has 0 aliphatic heterocycles. The van der Waals surface area contributed by atoms with E-state index in [0.29, 0.717) is 17.1 Å². The highest BCUT2D eigenvalue weighted by atomic mass is 35.5. The highest BCUT2D eigenvalue weighted by Crippen LogP contribution is 2.26. The highest BCUT2D eigenvalue weighted by molar-refractivity contribution is 7.07. The number of thiazole rings is 1. The fraction of sp³-hybridized carbons (Fsp3) is 0.167. The average molecular weight is 264 g/mol. The Morgan fingerprint density at radius 1 is 1.53 bits per heavy atom. The Kier molecular flexibility index (Phi) is 3.62. The molecule has 2 aromatic rings. The summed E-state index contributed by atoms with van der Waals surface area (Å²) < 4.78 is 0. The first-order valence-corrected chi connectivity index (χ1v) is 6.31. The minimum atomic E-state index is 0.482. The zero-order chi connectivity index (χ0) is 12.3. The van der Waals surface area contributed by atoms with Crippen molar-refractivity contribution in [2.75, 3.05) is 11.9 Å². The predicted octanol–water partition coefficient (Wildman–Crippen LogP) is 3.30. The van der Waals surface area contributed by atoms with E-state index in [0.717, 1.165) is 11.4 Å². The Morgan fingerprint density at radius 3 is 3.00 bits per heavy atom. The Bertz CT molecular complexity index is 545. The van der Waals surface area contributed by atoms with Gasteiger partial charge in [-0.05, 0) is 12.1 Å². The van der Waals surface area contributed by atoms with Crippen molar-refractivity contribution in [2.24, 2.45) is 0 Å². The molecule has 0 unspecified atom stereocenters. The molecule has 3 nitrogen and oxygen atoms in total. The van der Waals surface area contributed by atoms with Crippen LogP contribution in [0, 0.1) is 11.3 Å². The molecule has 5 heteroatoms. The van der Waals surface area contributed by atoms with E-state index in [-0.39, 0.29) is 0 Å². The van der Waals surface area contributed by atoms with Crippen molar-refractivity contribution in [1.29, 1.82) is 5.26 Å². The molecule has 17 heavy (non-hydrogen) atoms. The number of hydrogen-bond donors (Lipinski definition) is 0. The van der Waals surface area contributed by atoms with Gasteiger partial charge in [-0.15, -0.1) is 11.3 Å².